The first-order valence-electron chi connectivity index (χ1n) is 7.78. The summed E-state index contributed by atoms with van der Waals surface area (Å²) < 4.78 is 2.24. The average Bonchev–Trinajstić information content (AvgIpc) is 3.17. The molecule has 0 radical (unpaired) electrons. The van der Waals surface area contributed by atoms with Gasteiger partial charge in [-0.1, -0.05) is 38.5 Å². The highest BCUT2D eigenvalue weighted by molar-refractivity contribution is 7.99. The highest BCUT2D eigenvalue weighted by Crippen LogP contribution is 2.49. The number of carboxylic acids is 1. The normalized spacial score (nSPS) is 25.0. The van der Waals surface area contributed by atoms with Crippen LogP contribution in [-0.2, 0) is 4.79 Å². The van der Waals surface area contributed by atoms with E-state index < -0.39 is 5.97 Å². The van der Waals surface area contributed by atoms with E-state index in [1.165, 1.54) is 50.3 Å². The molecule has 1 unspecified atom stereocenters. The summed E-state index contributed by atoms with van der Waals surface area (Å²) in [5, 5.41) is 18.4. The molecule has 3 rings (SSSR count). The highest BCUT2D eigenvalue weighted by atomic mass is 32.2. The van der Waals surface area contributed by atoms with Crippen molar-refractivity contribution in [3.05, 3.63) is 5.82 Å². The number of thioether (sulfide) groups is 1. The maximum atomic E-state index is 10.8. The van der Waals surface area contributed by atoms with Crippen LogP contribution < -0.4 is 0 Å². The molecule has 116 valence electrons. The van der Waals surface area contributed by atoms with Gasteiger partial charge in [0.05, 0.1) is 5.75 Å². The first-order chi connectivity index (χ1) is 9.99. The molecule has 2 aliphatic rings. The van der Waals surface area contributed by atoms with Gasteiger partial charge < -0.3 is 9.67 Å². The number of carbonyl (C=O) groups is 1. The smallest absolute Gasteiger partial charge is 0.313 e. The van der Waals surface area contributed by atoms with Gasteiger partial charge in [-0.2, -0.15) is 0 Å². The number of carboxylic acid groups (broad SMARTS) is 1. The van der Waals surface area contributed by atoms with Crippen LogP contribution in [-0.4, -0.2) is 31.6 Å². The Labute approximate surface area is 129 Å². The summed E-state index contributed by atoms with van der Waals surface area (Å²) in [6.07, 6.45) is 7.27. The lowest BCUT2D eigenvalue weighted by molar-refractivity contribution is -0.133. The molecular weight excluding hydrogens is 286 g/mol. The Morgan fingerprint density at radius 3 is 2.71 bits per heavy atom. The van der Waals surface area contributed by atoms with Crippen LogP contribution in [0.5, 0.6) is 0 Å². The van der Waals surface area contributed by atoms with E-state index in [4.69, 9.17) is 5.11 Å². The van der Waals surface area contributed by atoms with Crippen LogP contribution >= 0.6 is 11.8 Å². The first kappa shape index (κ1) is 14.9. The third-order valence-corrected chi connectivity index (χ3v) is 5.67. The Kier molecular flexibility index (Phi) is 3.99. The van der Waals surface area contributed by atoms with Crippen LogP contribution in [0, 0.1) is 5.41 Å². The summed E-state index contributed by atoms with van der Waals surface area (Å²) in [7, 11) is 0. The van der Waals surface area contributed by atoms with Gasteiger partial charge in [0.15, 0.2) is 5.16 Å². The molecule has 1 N–H and O–H groups in total. The predicted octanol–water partition coefficient (Wildman–Crippen LogP) is 3.47. The van der Waals surface area contributed by atoms with Gasteiger partial charge in [0, 0.05) is 12.0 Å². The van der Waals surface area contributed by atoms with Crippen molar-refractivity contribution in [2.45, 2.75) is 69.5 Å². The SMILES string of the molecule is CC1(C)CCCCC1c1nnc(SCC(=O)O)n1C1CC1. The molecule has 0 saturated heterocycles. The minimum atomic E-state index is -0.801. The Balaban J connectivity index is 1.89. The maximum Gasteiger partial charge on any atom is 0.313 e. The summed E-state index contributed by atoms with van der Waals surface area (Å²) >= 11 is 1.30. The van der Waals surface area contributed by atoms with Gasteiger partial charge in [-0.25, -0.2) is 0 Å². The second-order valence-electron chi connectivity index (χ2n) is 6.91. The fraction of sp³-hybridized carbons (Fsp3) is 0.800. The van der Waals surface area contributed by atoms with E-state index in [-0.39, 0.29) is 11.2 Å². The van der Waals surface area contributed by atoms with Gasteiger partial charge in [-0.15, -0.1) is 10.2 Å². The molecule has 1 aromatic rings. The van der Waals surface area contributed by atoms with Crippen LogP contribution in [0.15, 0.2) is 5.16 Å². The molecule has 1 heterocycles. The summed E-state index contributed by atoms with van der Waals surface area (Å²) in [5.74, 6) is 0.789. The number of hydrogen-bond donors (Lipinski definition) is 1. The minimum Gasteiger partial charge on any atom is -0.481 e. The lowest BCUT2D eigenvalue weighted by Crippen LogP contribution is -2.28. The summed E-state index contributed by atoms with van der Waals surface area (Å²) in [4.78, 5) is 10.8. The van der Waals surface area contributed by atoms with Crippen LogP contribution in [0.3, 0.4) is 0 Å². The fourth-order valence-electron chi connectivity index (χ4n) is 3.40. The molecule has 2 fully saturated rings. The van der Waals surface area contributed by atoms with Crippen LogP contribution in [0.4, 0.5) is 0 Å². The molecule has 2 saturated carbocycles. The standard InChI is InChI=1S/C15H23N3O2S/c1-15(2)8-4-3-5-11(15)13-16-17-14(21-9-12(19)20)18(13)10-6-7-10/h10-11H,3-9H2,1-2H3,(H,19,20). The van der Waals surface area contributed by atoms with Crippen LogP contribution in [0.2, 0.25) is 0 Å². The van der Waals surface area contributed by atoms with Crippen molar-refractivity contribution >= 4 is 17.7 Å². The molecular formula is C15H23N3O2S. The second-order valence-corrected chi connectivity index (χ2v) is 7.85. The van der Waals surface area contributed by atoms with E-state index in [2.05, 4.69) is 28.6 Å². The van der Waals surface area contributed by atoms with Gasteiger partial charge in [-0.05, 0) is 31.1 Å². The van der Waals surface area contributed by atoms with E-state index >= 15 is 0 Å². The van der Waals surface area contributed by atoms with E-state index in [0.717, 1.165) is 11.0 Å². The van der Waals surface area contributed by atoms with Gasteiger partial charge >= 0.3 is 5.97 Å². The van der Waals surface area contributed by atoms with E-state index in [1.807, 2.05) is 0 Å². The highest BCUT2D eigenvalue weighted by Gasteiger charge is 2.40. The molecule has 0 bridgehead atoms. The Hall–Kier alpha value is -1.04. The second kappa shape index (κ2) is 5.63. The number of aliphatic carboxylic acids is 1. The van der Waals surface area contributed by atoms with Crippen molar-refractivity contribution in [1.29, 1.82) is 0 Å². The summed E-state index contributed by atoms with van der Waals surface area (Å²) in [5.41, 5.74) is 0.257. The third kappa shape index (κ3) is 3.10. The lowest BCUT2D eigenvalue weighted by Gasteiger charge is -2.38. The third-order valence-electron chi connectivity index (χ3n) is 4.75. The van der Waals surface area contributed by atoms with Gasteiger partial charge in [-0.3, -0.25) is 4.79 Å². The van der Waals surface area contributed by atoms with Crippen molar-refractivity contribution < 1.29 is 9.90 Å². The van der Waals surface area contributed by atoms with Crippen molar-refractivity contribution in [3.63, 3.8) is 0 Å². The molecule has 0 spiro atoms. The largest absolute Gasteiger partial charge is 0.481 e. The molecule has 2 aliphatic carbocycles. The molecule has 0 aromatic carbocycles. The molecule has 21 heavy (non-hydrogen) atoms. The Bertz CT molecular complexity index is 537. The lowest BCUT2D eigenvalue weighted by atomic mass is 9.68. The van der Waals surface area contributed by atoms with E-state index in [1.54, 1.807) is 0 Å². The number of nitrogens with zero attached hydrogens (tertiary/aromatic N) is 3. The number of hydrogen-bond acceptors (Lipinski definition) is 4. The van der Waals surface area contributed by atoms with Gasteiger partial charge in [0.1, 0.15) is 5.82 Å². The average molecular weight is 309 g/mol. The summed E-state index contributed by atoms with van der Waals surface area (Å²) in [6, 6.07) is 0.490. The summed E-state index contributed by atoms with van der Waals surface area (Å²) in [6.45, 7) is 4.65. The number of aromatic nitrogens is 3. The monoisotopic (exact) mass is 309 g/mol. The molecule has 1 atom stereocenters. The van der Waals surface area contributed by atoms with E-state index in [0.29, 0.717) is 12.0 Å². The van der Waals surface area contributed by atoms with Crippen molar-refractivity contribution in [2.75, 3.05) is 5.75 Å². The van der Waals surface area contributed by atoms with Crippen molar-refractivity contribution in [3.8, 4) is 0 Å². The fourth-order valence-corrected chi connectivity index (χ4v) is 4.13. The van der Waals surface area contributed by atoms with Crippen LogP contribution in [0.1, 0.15) is 70.2 Å². The molecule has 0 amide bonds. The van der Waals surface area contributed by atoms with Crippen LogP contribution in [0.25, 0.3) is 0 Å². The molecule has 5 nitrogen and oxygen atoms in total. The molecule has 6 heteroatoms. The van der Waals surface area contributed by atoms with E-state index in [9.17, 15) is 4.79 Å². The zero-order valence-electron chi connectivity index (χ0n) is 12.7. The van der Waals surface area contributed by atoms with Crippen molar-refractivity contribution in [1.82, 2.24) is 14.8 Å². The van der Waals surface area contributed by atoms with Crippen molar-refractivity contribution in [2.24, 2.45) is 5.41 Å². The Morgan fingerprint density at radius 1 is 1.33 bits per heavy atom. The predicted molar refractivity (Wildman–Crippen MR) is 81.6 cm³/mol. The topological polar surface area (TPSA) is 68.0 Å². The first-order valence-corrected chi connectivity index (χ1v) is 8.77. The molecule has 0 aliphatic heterocycles. The Morgan fingerprint density at radius 2 is 2.10 bits per heavy atom. The van der Waals surface area contributed by atoms with Gasteiger partial charge in [0.2, 0.25) is 0 Å². The quantitative estimate of drug-likeness (QED) is 0.843. The zero-order valence-corrected chi connectivity index (χ0v) is 13.5. The minimum absolute atomic E-state index is 0.0545. The van der Waals surface area contributed by atoms with Gasteiger partial charge in [0.25, 0.3) is 0 Å². The maximum absolute atomic E-state index is 10.8. The molecule has 1 aromatic heterocycles. The zero-order chi connectivity index (χ0) is 15.0. The number of rotatable bonds is 5.